The number of rotatable bonds is 13. The number of nitrogens with one attached hydrogen (secondary N) is 1. The number of hydrogen-bond acceptors (Lipinski definition) is 6. The smallest absolute Gasteiger partial charge is 0.115 e. The molecule has 3 aromatic rings. The number of nitrogens with zero attached hydrogens (tertiary/aromatic N) is 2. The molecule has 8 nitrogen and oxygen atoms in total. The molecule has 1 saturated heterocycles. The maximum atomic E-state index is 14.1. The van der Waals surface area contributed by atoms with Gasteiger partial charge in [0.15, 0.2) is 0 Å². The molecule has 44 heavy (non-hydrogen) atoms. The third kappa shape index (κ3) is 6.84. The minimum absolute atomic E-state index is 0.0202. The molecule has 3 unspecified atom stereocenters. The van der Waals surface area contributed by atoms with E-state index in [0.29, 0.717) is 12.1 Å². The van der Waals surface area contributed by atoms with Crippen molar-refractivity contribution < 1.29 is 27.4 Å². The number of ether oxygens (including phenoxy) is 1. The third-order valence-electron chi connectivity index (χ3n) is 7.94. The van der Waals surface area contributed by atoms with Gasteiger partial charge in [0.25, 0.3) is 0 Å². The van der Waals surface area contributed by atoms with Crippen LogP contribution in [0.25, 0.3) is 11.1 Å². The normalized spacial score (nSPS) is 19.2. The maximum absolute atomic E-state index is 14.1. The van der Waals surface area contributed by atoms with Crippen molar-refractivity contribution in [3.8, 4) is 10.7 Å². The van der Waals surface area contributed by atoms with Gasteiger partial charge in [-0.1, -0.05) is 18.2 Å². The van der Waals surface area contributed by atoms with Crippen LogP contribution in [0.5, 0.6) is 5.75 Å². The fraction of sp³-hybridized carbons (Fsp3) is 0.333. The number of aromatic hydroxyl groups is 1. The molecular weight excluding hydrogens is 648 g/mol. The Morgan fingerprint density at radius 2 is 1.77 bits per heavy atom. The average Bonchev–Trinajstić information content (AvgIpc) is 3.60. The van der Waals surface area contributed by atoms with Gasteiger partial charge in [-0.25, -0.2) is 12.8 Å². The van der Waals surface area contributed by atoms with E-state index in [9.17, 15) is 22.7 Å². The topological polar surface area (TPSA) is 120 Å². The van der Waals surface area contributed by atoms with Gasteiger partial charge in [0.2, 0.25) is 10.0 Å². The predicted octanol–water partition coefficient (Wildman–Crippen LogP) is 5.94. The molecular formula is C33H34FN3O5SSe. The average molecular weight is 683 g/mol. The SMILES string of the molecule is CCN(c1cccc(F)c1)S(=O)(=O)C1CC2OC1C(c1ccc(NC(=O)CCCCC[Se]C#N)cc1)=C2c1ccc(O)cc1. The molecule has 2 heterocycles. The number of benzene rings is 3. The van der Waals surface area contributed by atoms with Crippen molar-refractivity contribution in [3.05, 3.63) is 89.7 Å². The predicted molar refractivity (Wildman–Crippen MR) is 170 cm³/mol. The van der Waals surface area contributed by atoms with Crippen molar-refractivity contribution in [2.75, 3.05) is 16.2 Å². The summed E-state index contributed by atoms with van der Waals surface area (Å²) in [4.78, 5) is 14.7. The number of amides is 1. The molecule has 0 radical (unpaired) electrons. The fourth-order valence-corrected chi connectivity index (χ4v) is 8.89. The van der Waals surface area contributed by atoms with Gasteiger partial charge in [-0.2, -0.15) is 0 Å². The summed E-state index contributed by atoms with van der Waals surface area (Å²) in [6.45, 7) is 1.86. The Morgan fingerprint density at radius 3 is 2.45 bits per heavy atom. The minimum atomic E-state index is -3.95. The molecule has 2 bridgehead atoms. The number of carbonyl (C=O) groups is 1. The number of fused-ring (bicyclic) bond motifs is 2. The van der Waals surface area contributed by atoms with E-state index in [-0.39, 0.29) is 45.3 Å². The number of phenolic OH excluding ortho intramolecular Hbond substituents is 1. The Balaban J connectivity index is 1.40. The summed E-state index contributed by atoms with van der Waals surface area (Å²) >= 11 is 0.0202. The van der Waals surface area contributed by atoms with Crippen molar-refractivity contribution in [2.45, 2.75) is 61.8 Å². The van der Waals surface area contributed by atoms with Crippen LogP contribution >= 0.6 is 0 Å². The molecule has 2 aliphatic rings. The van der Waals surface area contributed by atoms with Crippen LogP contribution in [0.15, 0.2) is 72.8 Å². The van der Waals surface area contributed by atoms with E-state index in [2.05, 4.69) is 10.3 Å². The van der Waals surface area contributed by atoms with Gasteiger partial charge in [0.05, 0.1) is 11.8 Å². The van der Waals surface area contributed by atoms with Crippen molar-refractivity contribution in [3.63, 3.8) is 0 Å². The Bertz CT molecular complexity index is 1670. The summed E-state index contributed by atoms with van der Waals surface area (Å²) in [5.41, 5.74) is 4.11. The third-order valence-corrected chi connectivity index (χ3v) is 11.5. The molecule has 0 saturated carbocycles. The van der Waals surface area contributed by atoms with Crippen LogP contribution in [-0.4, -0.2) is 58.4 Å². The van der Waals surface area contributed by atoms with Gasteiger partial charge in [-0.05, 0) is 54.8 Å². The van der Waals surface area contributed by atoms with Crippen LogP contribution in [0.1, 0.15) is 50.2 Å². The number of halogens is 1. The second-order valence-electron chi connectivity index (χ2n) is 10.8. The fourth-order valence-electron chi connectivity index (χ4n) is 5.94. The van der Waals surface area contributed by atoms with Gasteiger partial charge in [-0.15, -0.1) is 0 Å². The van der Waals surface area contributed by atoms with E-state index in [0.717, 1.165) is 46.9 Å². The monoisotopic (exact) mass is 683 g/mol. The first kappa shape index (κ1) is 31.7. The Labute approximate surface area is 263 Å². The van der Waals surface area contributed by atoms with Crippen LogP contribution < -0.4 is 9.62 Å². The van der Waals surface area contributed by atoms with Crippen molar-refractivity contribution >= 4 is 53.4 Å². The molecule has 230 valence electrons. The molecule has 0 aliphatic carbocycles. The van der Waals surface area contributed by atoms with Crippen molar-refractivity contribution in [2.24, 2.45) is 0 Å². The summed E-state index contributed by atoms with van der Waals surface area (Å²) in [7, 11) is -3.95. The maximum Gasteiger partial charge on any atom is 0.115 e. The molecule has 1 fully saturated rings. The zero-order valence-electron chi connectivity index (χ0n) is 24.3. The molecule has 3 atom stereocenters. The zero-order chi connectivity index (χ0) is 31.3. The summed E-state index contributed by atoms with van der Waals surface area (Å²) in [6.07, 6.45) is 2.00. The molecule has 5 rings (SSSR count). The van der Waals surface area contributed by atoms with E-state index in [1.54, 1.807) is 49.4 Å². The number of carbonyl (C=O) groups excluding carboxylic acids is 1. The number of anilines is 2. The summed E-state index contributed by atoms with van der Waals surface area (Å²) in [6, 6.07) is 19.6. The Hall–Kier alpha value is -3.68. The molecule has 11 heteroatoms. The molecule has 2 aliphatic heterocycles. The molecule has 1 amide bonds. The summed E-state index contributed by atoms with van der Waals surface area (Å²) < 4.78 is 49.8. The van der Waals surface area contributed by atoms with Crippen LogP contribution in [0.2, 0.25) is 5.32 Å². The largest absolute Gasteiger partial charge is 0.508 e. The van der Waals surface area contributed by atoms with E-state index in [1.807, 2.05) is 12.1 Å². The van der Waals surface area contributed by atoms with Gasteiger partial charge in [0, 0.05) is 6.54 Å². The van der Waals surface area contributed by atoms with E-state index in [1.165, 1.54) is 22.5 Å². The number of nitriles is 1. The van der Waals surface area contributed by atoms with Crippen LogP contribution in [0.4, 0.5) is 15.8 Å². The summed E-state index contributed by atoms with van der Waals surface area (Å²) in [5.74, 6) is -0.477. The van der Waals surface area contributed by atoms with Crippen LogP contribution in [0, 0.1) is 16.0 Å². The zero-order valence-corrected chi connectivity index (χ0v) is 26.8. The van der Waals surface area contributed by atoms with E-state index < -0.39 is 33.3 Å². The van der Waals surface area contributed by atoms with Gasteiger partial charge in [-0.3, -0.25) is 4.31 Å². The minimum Gasteiger partial charge on any atom is -0.508 e. The first-order valence-electron chi connectivity index (χ1n) is 14.6. The number of unbranched alkanes of at least 4 members (excludes halogenated alkanes) is 2. The quantitative estimate of drug-likeness (QED) is 0.170. The second kappa shape index (κ2) is 14.0. The number of phenols is 1. The summed E-state index contributed by atoms with van der Waals surface area (Å²) in [5, 5.41) is 21.5. The number of hydrogen-bond donors (Lipinski definition) is 2. The van der Waals surface area contributed by atoms with E-state index in [4.69, 9.17) is 10.00 Å². The van der Waals surface area contributed by atoms with Crippen molar-refractivity contribution in [1.29, 1.82) is 5.26 Å². The Kier molecular flexibility index (Phi) is 10.1. The standard InChI is InChI=1S/C33H34FN3O5SSe/c1-2-37(26-8-6-7-24(34)19-26)43(40,41)29-20-28-31(22-12-16-27(38)17-13-22)32(33(29)42-28)23-10-14-25(15-11-23)36-30(39)9-4-3-5-18-44-21-35/h6-8,10-17,19,28-29,33,38H,2-5,9,18,20H2,1H3,(H,36,39). The van der Waals surface area contributed by atoms with Gasteiger partial charge < -0.3 is 9.84 Å². The van der Waals surface area contributed by atoms with Crippen LogP contribution in [0.3, 0.4) is 0 Å². The number of sulfonamides is 1. The second-order valence-corrected chi connectivity index (χ2v) is 14.7. The molecule has 0 spiro atoms. The Morgan fingerprint density at radius 1 is 1.07 bits per heavy atom. The van der Waals surface area contributed by atoms with E-state index >= 15 is 0 Å². The molecule has 0 aromatic heterocycles. The molecule has 3 aromatic carbocycles. The van der Waals surface area contributed by atoms with Gasteiger partial charge in [0.1, 0.15) is 22.9 Å². The van der Waals surface area contributed by atoms with Gasteiger partial charge >= 0.3 is 113 Å². The first-order chi connectivity index (χ1) is 21.2. The van der Waals surface area contributed by atoms with Crippen LogP contribution in [-0.2, 0) is 19.6 Å². The first-order valence-corrected chi connectivity index (χ1v) is 18.2. The molecule has 2 N–H and O–H groups in total. The van der Waals surface area contributed by atoms with Crippen molar-refractivity contribution in [1.82, 2.24) is 0 Å².